The van der Waals surface area contributed by atoms with E-state index in [1.54, 1.807) is 13.0 Å². The monoisotopic (exact) mass is 317 g/mol. The summed E-state index contributed by atoms with van der Waals surface area (Å²) in [6.45, 7) is 4.02. The van der Waals surface area contributed by atoms with Crippen molar-refractivity contribution in [2.45, 2.75) is 45.4 Å². The van der Waals surface area contributed by atoms with E-state index in [-0.39, 0.29) is 12.6 Å². The second-order valence-electron chi connectivity index (χ2n) is 5.41. The van der Waals surface area contributed by atoms with Crippen molar-refractivity contribution in [2.24, 2.45) is 0 Å². The van der Waals surface area contributed by atoms with Gasteiger partial charge in [0.05, 0.1) is 6.54 Å². The van der Waals surface area contributed by atoms with Crippen LogP contribution in [0.2, 0.25) is 0 Å². The molecule has 0 aliphatic carbocycles. The number of carbonyl (C=O) groups excluding carboxylic acids is 1. The van der Waals surface area contributed by atoms with Crippen LogP contribution >= 0.6 is 0 Å². The summed E-state index contributed by atoms with van der Waals surface area (Å²) in [6.07, 6.45) is -4.97. The highest BCUT2D eigenvalue weighted by Gasteiger charge is 2.35. The van der Waals surface area contributed by atoms with Crippen LogP contribution in [0.1, 0.15) is 30.8 Å². The van der Waals surface area contributed by atoms with Crippen molar-refractivity contribution in [1.29, 1.82) is 0 Å². The number of hydrogen-bond acceptors (Lipinski definition) is 4. The molecule has 0 aromatic carbocycles. The average Bonchev–Trinajstić information content (AvgIpc) is 2.35. The first kappa shape index (κ1) is 16.5. The molecule has 1 amide bonds. The Labute approximate surface area is 126 Å². The summed E-state index contributed by atoms with van der Waals surface area (Å²) < 4.78 is 42.6. The fraction of sp³-hybridized carbons (Fsp3) is 0.643. The standard InChI is InChI=1S/C14H18F3N3O2/c1-9-6-12(19-10(2)18-9)22-11-4-3-5-20(8-11)13(21)7-14(15,16)17/h6,11H,3-5,7-8H2,1-2H3. The highest BCUT2D eigenvalue weighted by molar-refractivity contribution is 5.77. The summed E-state index contributed by atoms with van der Waals surface area (Å²) >= 11 is 0. The van der Waals surface area contributed by atoms with Crippen molar-refractivity contribution in [1.82, 2.24) is 14.9 Å². The Balaban J connectivity index is 1.97. The Morgan fingerprint density at radius 3 is 2.77 bits per heavy atom. The van der Waals surface area contributed by atoms with Gasteiger partial charge in [0.25, 0.3) is 0 Å². The zero-order valence-electron chi connectivity index (χ0n) is 12.5. The smallest absolute Gasteiger partial charge is 0.397 e. The van der Waals surface area contributed by atoms with Gasteiger partial charge in [0.15, 0.2) is 0 Å². The zero-order chi connectivity index (χ0) is 16.3. The lowest BCUT2D eigenvalue weighted by Gasteiger charge is -2.33. The normalized spacial score (nSPS) is 19.1. The number of aryl methyl sites for hydroxylation is 2. The van der Waals surface area contributed by atoms with Crippen LogP contribution in [0.15, 0.2) is 6.07 Å². The largest absolute Gasteiger partial charge is 0.472 e. The molecule has 1 saturated heterocycles. The van der Waals surface area contributed by atoms with E-state index in [2.05, 4.69) is 9.97 Å². The fourth-order valence-corrected chi connectivity index (χ4v) is 2.46. The minimum absolute atomic E-state index is 0.150. The van der Waals surface area contributed by atoms with Gasteiger partial charge in [-0.3, -0.25) is 4.79 Å². The van der Waals surface area contributed by atoms with Crippen molar-refractivity contribution in [3.63, 3.8) is 0 Å². The molecule has 0 radical (unpaired) electrons. The van der Waals surface area contributed by atoms with Crippen LogP contribution in [-0.2, 0) is 4.79 Å². The van der Waals surface area contributed by atoms with E-state index in [9.17, 15) is 18.0 Å². The number of aromatic nitrogens is 2. The van der Waals surface area contributed by atoms with Gasteiger partial charge in [-0.1, -0.05) is 0 Å². The summed E-state index contributed by atoms with van der Waals surface area (Å²) in [5, 5.41) is 0. The van der Waals surface area contributed by atoms with Crippen LogP contribution in [0.3, 0.4) is 0 Å². The third-order valence-electron chi connectivity index (χ3n) is 3.31. The Bertz CT molecular complexity index is 528. The molecule has 1 atom stereocenters. The van der Waals surface area contributed by atoms with Gasteiger partial charge in [0.2, 0.25) is 11.8 Å². The molecule has 0 saturated carbocycles. The maximum atomic E-state index is 12.3. The number of rotatable bonds is 3. The van der Waals surface area contributed by atoms with Crippen molar-refractivity contribution in [2.75, 3.05) is 13.1 Å². The lowest BCUT2D eigenvalue weighted by molar-refractivity contribution is -0.163. The van der Waals surface area contributed by atoms with Crippen LogP contribution < -0.4 is 4.74 Å². The molecule has 1 aliphatic rings. The molecule has 8 heteroatoms. The minimum Gasteiger partial charge on any atom is -0.472 e. The molecule has 0 spiro atoms. The first-order chi connectivity index (χ1) is 10.2. The Kier molecular flexibility index (Phi) is 4.87. The number of halogens is 3. The topological polar surface area (TPSA) is 55.3 Å². The summed E-state index contributed by atoms with van der Waals surface area (Å²) in [4.78, 5) is 21.1. The van der Waals surface area contributed by atoms with Gasteiger partial charge in [-0.2, -0.15) is 18.2 Å². The minimum atomic E-state index is -4.48. The number of piperidine rings is 1. The Hall–Kier alpha value is -1.86. The molecule has 122 valence electrons. The molecular formula is C14H18F3N3O2. The summed E-state index contributed by atoms with van der Waals surface area (Å²) in [6, 6.07) is 1.67. The van der Waals surface area contributed by atoms with E-state index < -0.39 is 18.5 Å². The third kappa shape index (κ3) is 4.85. The number of ether oxygens (including phenoxy) is 1. The lowest BCUT2D eigenvalue weighted by atomic mass is 10.1. The van der Waals surface area contributed by atoms with Gasteiger partial charge >= 0.3 is 6.18 Å². The van der Waals surface area contributed by atoms with Gasteiger partial charge in [0.1, 0.15) is 18.3 Å². The zero-order valence-corrected chi connectivity index (χ0v) is 12.5. The van der Waals surface area contributed by atoms with E-state index in [0.717, 1.165) is 5.69 Å². The van der Waals surface area contributed by atoms with Gasteiger partial charge in [0, 0.05) is 18.3 Å². The number of hydrogen-bond donors (Lipinski definition) is 0. The number of carbonyl (C=O) groups is 1. The van der Waals surface area contributed by atoms with Crippen molar-refractivity contribution < 1.29 is 22.7 Å². The molecule has 1 aromatic heterocycles. The van der Waals surface area contributed by atoms with E-state index in [1.807, 2.05) is 6.92 Å². The number of likely N-dealkylation sites (tertiary alicyclic amines) is 1. The average molecular weight is 317 g/mol. The first-order valence-electron chi connectivity index (χ1n) is 7.06. The van der Waals surface area contributed by atoms with Crippen LogP contribution in [0, 0.1) is 13.8 Å². The molecular weight excluding hydrogens is 299 g/mol. The first-order valence-corrected chi connectivity index (χ1v) is 7.06. The molecule has 2 rings (SSSR count). The molecule has 1 unspecified atom stereocenters. The highest BCUT2D eigenvalue weighted by Crippen LogP contribution is 2.23. The van der Waals surface area contributed by atoms with E-state index in [1.165, 1.54) is 4.90 Å². The van der Waals surface area contributed by atoms with Crippen LogP contribution in [0.5, 0.6) is 5.88 Å². The highest BCUT2D eigenvalue weighted by atomic mass is 19.4. The number of alkyl halides is 3. The molecule has 1 fully saturated rings. The van der Waals surface area contributed by atoms with Crippen molar-refractivity contribution in [3.8, 4) is 5.88 Å². The molecule has 1 aromatic rings. The number of amides is 1. The van der Waals surface area contributed by atoms with Gasteiger partial charge in [-0.15, -0.1) is 0 Å². The molecule has 0 bridgehead atoms. The summed E-state index contributed by atoms with van der Waals surface area (Å²) in [5.41, 5.74) is 0.753. The SMILES string of the molecule is Cc1cc(OC2CCCN(C(=O)CC(F)(F)F)C2)nc(C)n1. The van der Waals surface area contributed by atoms with Crippen molar-refractivity contribution >= 4 is 5.91 Å². The molecule has 5 nitrogen and oxygen atoms in total. The molecule has 2 heterocycles. The summed E-state index contributed by atoms with van der Waals surface area (Å²) in [5.74, 6) is 0.0479. The maximum absolute atomic E-state index is 12.3. The van der Waals surface area contributed by atoms with Crippen LogP contribution in [0.4, 0.5) is 13.2 Å². The van der Waals surface area contributed by atoms with Gasteiger partial charge in [-0.25, -0.2) is 4.98 Å². The number of nitrogens with zero attached hydrogens (tertiary/aromatic N) is 3. The second-order valence-corrected chi connectivity index (χ2v) is 5.41. The lowest BCUT2D eigenvalue weighted by Crippen LogP contribution is -2.45. The van der Waals surface area contributed by atoms with E-state index >= 15 is 0 Å². The predicted octanol–water partition coefficient (Wildman–Crippen LogP) is 2.42. The van der Waals surface area contributed by atoms with Crippen LogP contribution in [0.25, 0.3) is 0 Å². The summed E-state index contributed by atoms with van der Waals surface area (Å²) in [7, 11) is 0. The Morgan fingerprint density at radius 2 is 2.14 bits per heavy atom. The Morgan fingerprint density at radius 1 is 1.41 bits per heavy atom. The molecule has 0 N–H and O–H groups in total. The predicted molar refractivity (Wildman–Crippen MR) is 72.4 cm³/mol. The molecule has 22 heavy (non-hydrogen) atoms. The van der Waals surface area contributed by atoms with Crippen molar-refractivity contribution in [3.05, 3.63) is 17.6 Å². The quantitative estimate of drug-likeness (QED) is 0.859. The second kappa shape index (κ2) is 6.50. The van der Waals surface area contributed by atoms with Gasteiger partial charge in [-0.05, 0) is 26.7 Å². The third-order valence-corrected chi connectivity index (χ3v) is 3.31. The maximum Gasteiger partial charge on any atom is 0.397 e. The van der Waals surface area contributed by atoms with Crippen LogP contribution in [-0.4, -0.2) is 46.1 Å². The van der Waals surface area contributed by atoms with E-state index in [4.69, 9.17) is 4.74 Å². The fourth-order valence-electron chi connectivity index (χ4n) is 2.46. The van der Waals surface area contributed by atoms with E-state index in [0.29, 0.717) is 31.1 Å². The van der Waals surface area contributed by atoms with Gasteiger partial charge < -0.3 is 9.64 Å². The molecule has 1 aliphatic heterocycles.